The Morgan fingerprint density at radius 1 is 0.536 bits per heavy atom. The van der Waals surface area contributed by atoms with Crippen LogP contribution in [0.2, 0.25) is 0 Å². The third-order valence-electron chi connectivity index (χ3n) is 3.36. The van der Waals surface area contributed by atoms with Crippen LogP contribution in [0.4, 0.5) is 50.2 Å². The van der Waals surface area contributed by atoms with E-state index in [1.54, 1.807) is 0 Å². The van der Waals surface area contributed by atoms with E-state index in [0.29, 0.717) is 12.1 Å². The molecule has 0 aliphatic carbocycles. The van der Waals surface area contributed by atoms with Crippen molar-refractivity contribution in [3.63, 3.8) is 0 Å². The van der Waals surface area contributed by atoms with Gasteiger partial charge in [-0.15, -0.1) is 0 Å². The van der Waals surface area contributed by atoms with E-state index in [4.69, 9.17) is 11.1 Å². The number of halogens is 10. The van der Waals surface area contributed by atoms with Gasteiger partial charge < -0.3 is 0 Å². The molecular formula is C12H8F10N4S2. The number of nitrogens with zero attached hydrogens (tertiary/aromatic N) is 2. The molecule has 0 saturated carbocycles. The first-order valence-electron chi connectivity index (χ1n) is 6.57. The van der Waals surface area contributed by atoms with Crippen LogP contribution in [-0.4, -0.2) is 0 Å². The van der Waals surface area contributed by atoms with E-state index in [-0.39, 0.29) is 24.3 Å². The van der Waals surface area contributed by atoms with Crippen LogP contribution in [0.1, 0.15) is 0 Å². The summed E-state index contributed by atoms with van der Waals surface area (Å²) in [5, 5.41) is 5.25. The molecule has 0 heterocycles. The molecule has 16 heteroatoms. The number of benzene rings is 2. The predicted molar refractivity (Wildman–Crippen MR) is 84.3 cm³/mol. The number of hydrogen-bond acceptors (Lipinski definition) is 4. The highest BCUT2D eigenvalue weighted by atomic mass is 32.5. The van der Waals surface area contributed by atoms with E-state index < -0.39 is 52.7 Å². The minimum Gasteiger partial charge on any atom is -0.204 e. The van der Waals surface area contributed by atoms with Gasteiger partial charge in [0.2, 0.25) is 0 Å². The summed E-state index contributed by atoms with van der Waals surface area (Å²) in [5.74, 6) is 0. The van der Waals surface area contributed by atoms with Gasteiger partial charge in [-0.05, 0) is 24.3 Å². The largest absolute Gasteiger partial charge is 0.310 e. The Bertz CT molecular complexity index is 931. The lowest BCUT2D eigenvalue weighted by Gasteiger charge is -2.41. The number of hydrogen-bond donors (Lipinski definition) is 2. The summed E-state index contributed by atoms with van der Waals surface area (Å²) in [4.78, 5) is -4.83. The maximum Gasteiger partial charge on any atom is 0.310 e. The van der Waals surface area contributed by atoms with Gasteiger partial charge in [-0.25, -0.2) is 11.1 Å². The van der Waals surface area contributed by atoms with Crippen LogP contribution in [0, 0.1) is 11.1 Å². The fraction of sp³-hybridized carbons (Fsp3) is 0. The van der Waals surface area contributed by atoms with Crippen molar-refractivity contribution in [3.05, 3.63) is 36.4 Å². The van der Waals surface area contributed by atoms with Gasteiger partial charge in [0.1, 0.15) is 9.79 Å². The second-order valence-corrected chi connectivity index (χ2v) is 10.3. The Balaban J connectivity index is 2.77. The van der Waals surface area contributed by atoms with Gasteiger partial charge in [-0.1, -0.05) is 51.0 Å². The van der Waals surface area contributed by atoms with Crippen molar-refractivity contribution >= 4 is 31.8 Å². The molecule has 158 valence electrons. The van der Waals surface area contributed by atoms with Crippen molar-refractivity contribution in [2.75, 3.05) is 0 Å². The van der Waals surface area contributed by atoms with Crippen molar-refractivity contribution in [1.82, 2.24) is 0 Å². The van der Waals surface area contributed by atoms with Crippen molar-refractivity contribution in [3.8, 4) is 11.1 Å². The Morgan fingerprint density at radius 3 is 1.04 bits per heavy atom. The molecule has 0 spiro atoms. The Hall–Kier alpha value is -2.36. The second-order valence-electron chi connectivity index (χ2n) is 5.52. The summed E-state index contributed by atoms with van der Waals surface area (Å²) in [6, 6.07) is 0.107. The van der Waals surface area contributed by atoms with Gasteiger partial charge in [-0.3, -0.25) is 0 Å². The smallest absolute Gasteiger partial charge is 0.204 e. The topological polar surface area (TPSA) is 72.4 Å². The summed E-state index contributed by atoms with van der Waals surface area (Å²) < 4.78 is 129. The minimum absolute atomic E-state index is 0.0995. The Labute approximate surface area is 150 Å². The predicted octanol–water partition coefficient (Wildman–Crippen LogP) is 9.99. The number of rotatable bonds is 5. The lowest BCUT2D eigenvalue weighted by atomic mass is 10.0. The van der Waals surface area contributed by atoms with E-state index in [9.17, 15) is 38.9 Å². The first kappa shape index (κ1) is 21.9. The van der Waals surface area contributed by atoms with Crippen molar-refractivity contribution in [2.45, 2.75) is 9.79 Å². The van der Waals surface area contributed by atoms with E-state index >= 15 is 0 Å². The molecule has 0 aliphatic rings. The van der Waals surface area contributed by atoms with Gasteiger partial charge in [-0.2, -0.15) is 10.2 Å². The highest BCUT2D eigenvalue weighted by Crippen LogP contribution is 3.03. The maximum absolute atomic E-state index is 12.9. The van der Waals surface area contributed by atoms with Crippen LogP contribution in [0.15, 0.2) is 56.4 Å². The third kappa shape index (κ3) is 4.54. The number of nitrogens with one attached hydrogen (secondary N) is 2. The Kier molecular flexibility index (Phi) is 3.75. The molecule has 0 bridgehead atoms. The highest BCUT2D eigenvalue weighted by Gasteiger charge is 2.66. The molecule has 0 atom stereocenters. The van der Waals surface area contributed by atoms with Crippen molar-refractivity contribution in [2.24, 2.45) is 10.2 Å². The molecule has 2 aromatic carbocycles. The van der Waals surface area contributed by atoms with Crippen LogP contribution in [0.25, 0.3) is 11.1 Å². The van der Waals surface area contributed by atoms with Gasteiger partial charge in [0.05, 0.1) is 11.4 Å². The molecule has 0 radical (unpaired) electrons. The zero-order valence-electron chi connectivity index (χ0n) is 13.0. The normalized spacial score (nSPS) is 17.6. The zero-order chi connectivity index (χ0) is 21.9. The van der Waals surface area contributed by atoms with Crippen LogP contribution in [-0.2, 0) is 0 Å². The molecule has 2 N–H and O–H groups in total. The lowest BCUT2D eigenvalue weighted by Crippen LogP contribution is -2.06. The molecule has 0 fully saturated rings. The molecule has 0 saturated heterocycles. The molecule has 0 amide bonds. The minimum atomic E-state index is -10.1. The summed E-state index contributed by atoms with van der Waals surface area (Å²) >= 11 is 0. The van der Waals surface area contributed by atoms with Gasteiger partial charge >= 0.3 is 20.4 Å². The lowest BCUT2D eigenvalue weighted by molar-refractivity contribution is 0.360. The van der Waals surface area contributed by atoms with Crippen molar-refractivity contribution < 1.29 is 38.9 Å². The molecule has 0 aliphatic heterocycles. The van der Waals surface area contributed by atoms with Gasteiger partial charge in [0.15, 0.2) is 0 Å². The first-order valence-corrected chi connectivity index (χ1v) is 10.5. The standard InChI is InChI=1S/C12H8F10N4S2/c13-27(14,15,16,17)7-1-3-9(11(5-7)25-23)10-4-2-8(6-12(10)26-24)28(18,19,20,21)22/h1-6,23-24H. The summed E-state index contributed by atoms with van der Waals surface area (Å²) in [5.41, 5.74) is 10.4. The van der Waals surface area contributed by atoms with Crippen molar-refractivity contribution in [1.29, 1.82) is 11.1 Å². The SMILES string of the molecule is N=Nc1cc(S(F)(F)(F)(F)F)ccc1-c1ccc(S(F)(F)(F)(F)F)cc1N=N. The summed E-state index contributed by atoms with van der Waals surface area (Å²) in [6.07, 6.45) is 0. The monoisotopic (exact) mass is 462 g/mol. The quantitative estimate of drug-likeness (QED) is 0.328. The van der Waals surface area contributed by atoms with Crippen LogP contribution in [0.3, 0.4) is 0 Å². The first-order chi connectivity index (χ1) is 12.1. The molecule has 4 nitrogen and oxygen atoms in total. The average molecular weight is 462 g/mol. The van der Waals surface area contributed by atoms with Gasteiger partial charge in [0.25, 0.3) is 0 Å². The van der Waals surface area contributed by atoms with Crippen LogP contribution in [0.5, 0.6) is 0 Å². The maximum atomic E-state index is 12.9. The van der Waals surface area contributed by atoms with E-state index in [0.717, 1.165) is 0 Å². The third-order valence-corrected chi connectivity index (χ3v) is 5.65. The Morgan fingerprint density at radius 2 is 0.821 bits per heavy atom. The molecule has 0 aromatic heterocycles. The summed E-state index contributed by atoms with van der Waals surface area (Å²) in [7, 11) is -20.3. The summed E-state index contributed by atoms with van der Waals surface area (Å²) in [6.45, 7) is 0. The van der Waals surface area contributed by atoms with E-state index in [1.165, 1.54) is 0 Å². The second kappa shape index (κ2) is 4.79. The van der Waals surface area contributed by atoms with E-state index in [1.807, 2.05) is 0 Å². The molecule has 0 unspecified atom stereocenters. The van der Waals surface area contributed by atoms with E-state index in [2.05, 4.69) is 10.2 Å². The van der Waals surface area contributed by atoms with Crippen LogP contribution < -0.4 is 0 Å². The molecular weight excluding hydrogens is 454 g/mol. The van der Waals surface area contributed by atoms with Gasteiger partial charge in [0, 0.05) is 11.1 Å². The molecule has 2 aromatic rings. The average Bonchev–Trinajstić information content (AvgIpc) is 2.49. The molecule has 2 rings (SSSR count). The fourth-order valence-corrected chi connectivity index (χ4v) is 3.46. The highest BCUT2D eigenvalue weighted by molar-refractivity contribution is 8.46. The zero-order valence-corrected chi connectivity index (χ0v) is 14.6. The van der Waals surface area contributed by atoms with Crippen LogP contribution >= 0.6 is 20.4 Å². The fourth-order valence-electron chi connectivity index (χ4n) is 2.14. The molecule has 28 heavy (non-hydrogen) atoms.